The molecule has 2 aromatic carbocycles. The molecule has 2 amide bonds. The van der Waals surface area contributed by atoms with E-state index in [2.05, 4.69) is 0 Å². The summed E-state index contributed by atoms with van der Waals surface area (Å²) in [6.45, 7) is 1.91. The Hall–Kier alpha value is -2.54. The van der Waals surface area contributed by atoms with Crippen LogP contribution >= 0.6 is 34.7 Å². The van der Waals surface area contributed by atoms with E-state index in [0.717, 1.165) is 15.3 Å². The highest BCUT2D eigenvalue weighted by molar-refractivity contribution is 8.04. The Labute approximate surface area is 181 Å². The fourth-order valence-electron chi connectivity index (χ4n) is 3.06. The first-order chi connectivity index (χ1) is 14.0. The number of carbonyl (C=O) groups is 2. The van der Waals surface area contributed by atoms with E-state index < -0.39 is 0 Å². The quantitative estimate of drug-likeness (QED) is 0.470. The summed E-state index contributed by atoms with van der Waals surface area (Å²) in [7, 11) is 1.52. The van der Waals surface area contributed by atoms with Crippen molar-refractivity contribution in [1.82, 2.24) is 0 Å². The molecule has 0 N–H and O–H groups in total. The van der Waals surface area contributed by atoms with E-state index in [1.165, 1.54) is 35.1 Å². The number of nitrogens with zero attached hydrogens (tertiary/aromatic N) is 1. The number of thioether (sulfide) groups is 1. The van der Waals surface area contributed by atoms with Crippen molar-refractivity contribution in [3.8, 4) is 5.75 Å². The van der Waals surface area contributed by atoms with Crippen LogP contribution in [0.25, 0.3) is 5.57 Å². The predicted molar refractivity (Wildman–Crippen MR) is 119 cm³/mol. The van der Waals surface area contributed by atoms with Gasteiger partial charge in [0.1, 0.15) is 5.75 Å². The van der Waals surface area contributed by atoms with Gasteiger partial charge in [0.25, 0.3) is 11.8 Å². The first-order valence-corrected chi connectivity index (χ1v) is 10.8. The molecular formula is C22H16ClNO3S2. The molecule has 29 heavy (non-hydrogen) atoms. The van der Waals surface area contributed by atoms with Crippen molar-refractivity contribution in [2.75, 3.05) is 12.0 Å². The van der Waals surface area contributed by atoms with Crippen LogP contribution in [-0.4, -0.2) is 18.9 Å². The molecule has 1 aliphatic heterocycles. The molecule has 0 bridgehead atoms. The van der Waals surface area contributed by atoms with E-state index >= 15 is 0 Å². The normalized spacial score (nSPS) is 14.1. The van der Waals surface area contributed by atoms with Crippen LogP contribution in [0.2, 0.25) is 5.02 Å². The van der Waals surface area contributed by atoms with Gasteiger partial charge in [0.15, 0.2) is 0 Å². The van der Waals surface area contributed by atoms with Crippen molar-refractivity contribution in [1.29, 1.82) is 0 Å². The van der Waals surface area contributed by atoms with Gasteiger partial charge < -0.3 is 4.74 Å². The van der Waals surface area contributed by atoms with Gasteiger partial charge in [0, 0.05) is 14.8 Å². The van der Waals surface area contributed by atoms with Crippen LogP contribution in [0.3, 0.4) is 0 Å². The third kappa shape index (κ3) is 3.71. The van der Waals surface area contributed by atoms with E-state index in [-0.39, 0.29) is 11.8 Å². The van der Waals surface area contributed by atoms with E-state index in [9.17, 15) is 9.59 Å². The Morgan fingerprint density at radius 2 is 1.79 bits per heavy atom. The van der Waals surface area contributed by atoms with E-state index in [1.807, 2.05) is 42.6 Å². The molecule has 0 spiro atoms. The van der Waals surface area contributed by atoms with Gasteiger partial charge in [-0.3, -0.25) is 9.59 Å². The lowest BCUT2D eigenvalue weighted by Crippen LogP contribution is -2.31. The van der Waals surface area contributed by atoms with Crippen molar-refractivity contribution in [2.24, 2.45) is 0 Å². The zero-order valence-corrected chi connectivity index (χ0v) is 18.0. The molecule has 4 rings (SSSR count). The molecule has 2 heterocycles. The van der Waals surface area contributed by atoms with Crippen molar-refractivity contribution >= 4 is 57.8 Å². The summed E-state index contributed by atoms with van der Waals surface area (Å²) in [6, 6.07) is 16.3. The number of hydrogen-bond donors (Lipinski definition) is 0. The summed E-state index contributed by atoms with van der Waals surface area (Å²) >= 11 is 8.68. The second-order valence-electron chi connectivity index (χ2n) is 6.36. The number of thiophene rings is 1. The number of ether oxygens (including phenoxy) is 1. The van der Waals surface area contributed by atoms with E-state index in [0.29, 0.717) is 26.9 Å². The smallest absolute Gasteiger partial charge is 0.273 e. The second kappa shape index (κ2) is 8.06. The van der Waals surface area contributed by atoms with Crippen molar-refractivity contribution < 1.29 is 14.3 Å². The Kier molecular flexibility index (Phi) is 5.50. The number of methoxy groups -OCH3 is 1. The number of benzene rings is 2. The molecule has 146 valence electrons. The summed E-state index contributed by atoms with van der Waals surface area (Å²) in [6.07, 6.45) is 0. The topological polar surface area (TPSA) is 46.6 Å². The minimum absolute atomic E-state index is 0.349. The van der Waals surface area contributed by atoms with E-state index in [1.54, 1.807) is 24.3 Å². The van der Waals surface area contributed by atoms with Crippen LogP contribution in [0.1, 0.15) is 10.4 Å². The molecule has 0 radical (unpaired) electrons. The maximum absolute atomic E-state index is 13.4. The van der Waals surface area contributed by atoms with Crippen molar-refractivity contribution in [3.63, 3.8) is 0 Å². The highest BCUT2D eigenvalue weighted by atomic mass is 35.5. The van der Waals surface area contributed by atoms with Crippen LogP contribution in [-0.2, 0) is 9.59 Å². The lowest BCUT2D eigenvalue weighted by Gasteiger charge is -2.18. The minimum Gasteiger partial charge on any atom is -0.495 e. The van der Waals surface area contributed by atoms with Gasteiger partial charge in [0.05, 0.1) is 23.3 Å². The van der Waals surface area contributed by atoms with Crippen molar-refractivity contribution in [2.45, 2.75) is 11.8 Å². The average molecular weight is 442 g/mol. The molecule has 1 aromatic heterocycles. The highest BCUT2D eigenvalue weighted by Gasteiger charge is 2.42. The standard InChI is InChI=1S/C22H16ClNO3S2/c1-13-5-10-17(27-2)16(12-13)24-21(25)19(18-4-3-11-28-18)20(22(24)26)29-15-8-6-14(23)7-9-15/h3-12H,1-2H3. The first-order valence-electron chi connectivity index (χ1n) is 8.74. The summed E-state index contributed by atoms with van der Waals surface area (Å²) < 4.78 is 5.42. The van der Waals surface area contributed by atoms with E-state index in [4.69, 9.17) is 16.3 Å². The van der Waals surface area contributed by atoms with Crippen LogP contribution in [0, 0.1) is 6.92 Å². The Bertz CT molecular complexity index is 1120. The number of hydrogen-bond acceptors (Lipinski definition) is 5. The van der Waals surface area contributed by atoms with Crippen molar-refractivity contribution in [3.05, 3.63) is 80.3 Å². The number of amides is 2. The van der Waals surface area contributed by atoms with Crippen LogP contribution in [0.5, 0.6) is 5.75 Å². The fraction of sp³-hybridized carbons (Fsp3) is 0.0909. The van der Waals surface area contributed by atoms with Gasteiger partial charge in [0.2, 0.25) is 0 Å². The van der Waals surface area contributed by atoms with Gasteiger partial charge in [-0.1, -0.05) is 35.5 Å². The predicted octanol–water partition coefficient (Wildman–Crippen LogP) is 5.80. The molecule has 0 fully saturated rings. The van der Waals surface area contributed by atoms with Gasteiger partial charge >= 0.3 is 0 Å². The molecule has 1 aliphatic rings. The number of imide groups is 1. The third-order valence-corrected chi connectivity index (χ3v) is 6.65. The van der Waals surface area contributed by atoms with Gasteiger partial charge in [-0.05, 0) is 60.3 Å². The summed E-state index contributed by atoms with van der Waals surface area (Å²) in [5.41, 5.74) is 1.79. The van der Waals surface area contributed by atoms with Gasteiger partial charge in [-0.2, -0.15) is 0 Å². The molecule has 0 aliphatic carbocycles. The van der Waals surface area contributed by atoms with Gasteiger partial charge in [-0.25, -0.2) is 4.90 Å². The Balaban J connectivity index is 1.82. The first kappa shape index (κ1) is 19.8. The molecule has 0 atom stereocenters. The molecule has 4 nitrogen and oxygen atoms in total. The Morgan fingerprint density at radius 1 is 1.03 bits per heavy atom. The number of halogens is 1. The minimum atomic E-state index is -0.359. The molecule has 0 saturated carbocycles. The Morgan fingerprint density at radius 3 is 2.45 bits per heavy atom. The number of rotatable bonds is 5. The SMILES string of the molecule is COc1ccc(C)cc1N1C(=O)C(Sc2ccc(Cl)cc2)=C(c2cccs2)C1=O. The monoisotopic (exact) mass is 441 g/mol. The second-order valence-corrected chi connectivity index (χ2v) is 8.83. The number of anilines is 1. The zero-order valence-electron chi connectivity index (χ0n) is 15.6. The maximum Gasteiger partial charge on any atom is 0.273 e. The summed E-state index contributed by atoms with van der Waals surface area (Å²) in [5.74, 6) is -0.236. The molecule has 0 unspecified atom stereocenters. The van der Waals surface area contributed by atoms with Gasteiger partial charge in [-0.15, -0.1) is 11.3 Å². The molecule has 3 aromatic rings. The van der Waals surface area contributed by atoms with Crippen LogP contribution < -0.4 is 9.64 Å². The summed E-state index contributed by atoms with van der Waals surface area (Å²) in [4.78, 5) is 30.0. The summed E-state index contributed by atoms with van der Waals surface area (Å²) in [5, 5.41) is 2.50. The third-order valence-electron chi connectivity index (χ3n) is 4.42. The molecule has 0 saturated heterocycles. The fourth-order valence-corrected chi connectivity index (χ4v) is 5.00. The lowest BCUT2D eigenvalue weighted by atomic mass is 10.2. The molecule has 7 heteroatoms. The average Bonchev–Trinajstić information content (AvgIpc) is 3.30. The zero-order chi connectivity index (χ0) is 20.5. The number of aryl methyl sites for hydroxylation is 1. The van der Waals surface area contributed by atoms with Crippen LogP contribution in [0.15, 0.2) is 69.8 Å². The number of carbonyl (C=O) groups excluding carboxylic acids is 2. The lowest BCUT2D eigenvalue weighted by molar-refractivity contribution is -0.119. The highest BCUT2D eigenvalue weighted by Crippen LogP contribution is 2.44. The largest absolute Gasteiger partial charge is 0.495 e. The molecular weight excluding hydrogens is 426 g/mol. The maximum atomic E-state index is 13.4. The van der Waals surface area contributed by atoms with Crippen LogP contribution in [0.4, 0.5) is 5.69 Å².